The van der Waals surface area contributed by atoms with Gasteiger partial charge in [0.2, 0.25) is 0 Å². The van der Waals surface area contributed by atoms with Crippen LogP contribution >= 0.6 is 0 Å². The predicted octanol–water partition coefficient (Wildman–Crippen LogP) is 2.42. The molecule has 1 N–H and O–H groups in total. The first-order valence-electron chi connectivity index (χ1n) is 5.41. The van der Waals surface area contributed by atoms with Gasteiger partial charge >= 0.3 is 0 Å². The third-order valence-electron chi connectivity index (χ3n) is 4.07. The van der Waals surface area contributed by atoms with E-state index in [9.17, 15) is 0 Å². The Morgan fingerprint density at radius 1 is 1.33 bits per heavy atom. The lowest BCUT2D eigenvalue weighted by Gasteiger charge is -2.47. The standard InChI is InChI=1S/C11H21N/c1-9-3-4-10-8-12-6-5-11(10,2)7-9/h9-10,12H,3-8H2,1-2H3. The van der Waals surface area contributed by atoms with Gasteiger partial charge in [0, 0.05) is 0 Å². The van der Waals surface area contributed by atoms with Crippen molar-refractivity contribution in [3.63, 3.8) is 0 Å². The molecule has 1 heterocycles. The molecule has 0 amide bonds. The molecule has 0 aromatic carbocycles. The van der Waals surface area contributed by atoms with Crippen LogP contribution < -0.4 is 5.32 Å². The van der Waals surface area contributed by atoms with Gasteiger partial charge < -0.3 is 5.32 Å². The molecule has 1 saturated heterocycles. The second kappa shape index (κ2) is 3.02. The van der Waals surface area contributed by atoms with Crippen LogP contribution in [0.2, 0.25) is 0 Å². The van der Waals surface area contributed by atoms with Gasteiger partial charge in [-0.2, -0.15) is 0 Å². The fraction of sp³-hybridized carbons (Fsp3) is 1.00. The van der Waals surface area contributed by atoms with Crippen LogP contribution in [0.15, 0.2) is 0 Å². The lowest BCUT2D eigenvalue weighted by Crippen LogP contribution is -2.46. The second-order valence-corrected chi connectivity index (χ2v) is 5.19. The quantitative estimate of drug-likeness (QED) is 0.584. The minimum absolute atomic E-state index is 0.683. The molecule has 2 fully saturated rings. The molecule has 70 valence electrons. The van der Waals surface area contributed by atoms with E-state index in [0.717, 1.165) is 11.8 Å². The molecule has 1 aliphatic carbocycles. The highest BCUT2D eigenvalue weighted by molar-refractivity contribution is 4.92. The minimum atomic E-state index is 0.683. The fourth-order valence-electron chi connectivity index (χ4n) is 3.20. The van der Waals surface area contributed by atoms with E-state index in [1.54, 1.807) is 0 Å². The Morgan fingerprint density at radius 3 is 3.00 bits per heavy atom. The summed E-state index contributed by atoms with van der Waals surface area (Å²) in [5, 5.41) is 3.52. The van der Waals surface area contributed by atoms with Gasteiger partial charge in [0.1, 0.15) is 0 Å². The average Bonchev–Trinajstić information content (AvgIpc) is 2.02. The van der Waals surface area contributed by atoms with Gasteiger partial charge in [0.15, 0.2) is 0 Å². The summed E-state index contributed by atoms with van der Waals surface area (Å²) in [6, 6.07) is 0. The average molecular weight is 167 g/mol. The van der Waals surface area contributed by atoms with Crippen molar-refractivity contribution in [2.24, 2.45) is 17.3 Å². The Kier molecular flexibility index (Phi) is 2.16. The molecule has 2 rings (SSSR count). The summed E-state index contributed by atoms with van der Waals surface area (Å²) in [5.74, 6) is 1.95. The molecular weight excluding hydrogens is 146 g/mol. The first kappa shape index (κ1) is 8.55. The third-order valence-corrected chi connectivity index (χ3v) is 4.07. The molecule has 3 atom stereocenters. The van der Waals surface area contributed by atoms with Gasteiger partial charge in [-0.1, -0.05) is 20.3 Å². The first-order chi connectivity index (χ1) is 5.71. The molecule has 0 bridgehead atoms. The smallest absolute Gasteiger partial charge is 0.00153 e. The molecule has 1 nitrogen and oxygen atoms in total. The Morgan fingerprint density at radius 2 is 2.17 bits per heavy atom. The molecule has 1 saturated carbocycles. The SMILES string of the molecule is CC1CCC2CNCCC2(C)C1. The molecule has 0 spiro atoms. The Labute approximate surface area is 75.9 Å². The molecular formula is C11H21N. The van der Waals surface area contributed by atoms with Crippen LogP contribution in [-0.2, 0) is 0 Å². The van der Waals surface area contributed by atoms with Crippen molar-refractivity contribution in [1.82, 2.24) is 5.32 Å². The topological polar surface area (TPSA) is 12.0 Å². The van der Waals surface area contributed by atoms with Crippen LogP contribution in [-0.4, -0.2) is 13.1 Å². The maximum Gasteiger partial charge on any atom is -0.00153 e. The Hall–Kier alpha value is -0.0400. The van der Waals surface area contributed by atoms with Gasteiger partial charge in [0.05, 0.1) is 0 Å². The zero-order valence-electron chi connectivity index (χ0n) is 8.40. The van der Waals surface area contributed by atoms with Crippen LogP contribution in [0.3, 0.4) is 0 Å². The lowest BCUT2D eigenvalue weighted by molar-refractivity contribution is 0.0500. The van der Waals surface area contributed by atoms with E-state index in [0.29, 0.717) is 5.41 Å². The highest BCUT2D eigenvalue weighted by Gasteiger charge is 2.40. The summed E-state index contributed by atoms with van der Waals surface area (Å²) in [5.41, 5.74) is 0.683. The van der Waals surface area contributed by atoms with Gasteiger partial charge in [-0.15, -0.1) is 0 Å². The minimum Gasteiger partial charge on any atom is -0.316 e. The van der Waals surface area contributed by atoms with Crippen molar-refractivity contribution in [3.05, 3.63) is 0 Å². The number of rotatable bonds is 0. The van der Waals surface area contributed by atoms with E-state index in [4.69, 9.17) is 0 Å². The number of nitrogens with one attached hydrogen (secondary N) is 1. The third kappa shape index (κ3) is 1.39. The largest absolute Gasteiger partial charge is 0.316 e. The first-order valence-corrected chi connectivity index (χ1v) is 5.41. The summed E-state index contributed by atoms with van der Waals surface area (Å²) in [6.07, 6.45) is 5.80. The summed E-state index contributed by atoms with van der Waals surface area (Å²) in [4.78, 5) is 0. The van der Waals surface area contributed by atoms with Gasteiger partial charge in [-0.05, 0) is 49.6 Å². The summed E-state index contributed by atoms with van der Waals surface area (Å²) < 4.78 is 0. The van der Waals surface area contributed by atoms with Gasteiger partial charge in [-0.25, -0.2) is 0 Å². The second-order valence-electron chi connectivity index (χ2n) is 5.19. The molecule has 12 heavy (non-hydrogen) atoms. The molecule has 0 aromatic rings. The van der Waals surface area contributed by atoms with E-state index in [-0.39, 0.29) is 0 Å². The van der Waals surface area contributed by atoms with Crippen molar-refractivity contribution >= 4 is 0 Å². The molecule has 1 heteroatoms. The molecule has 3 unspecified atom stereocenters. The lowest BCUT2D eigenvalue weighted by atomic mass is 9.61. The van der Waals surface area contributed by atoms with Crippen LogP contribution in [0.25, 0.3) is 0 Å². The van der Waals surface area contributed by atoms with Crippen LogP contribution in [0.1, 0.15) is 39.5 Å². The molecule has 2 aliphatic rings. The Balaban J connectivity index is 2.07. The summed E-state index contributed by atoms with van der Waals surface area (Å²) in [7, 11) is 0. The van der Waals surface area contributed by atoms with Crippen LogP contribution in [0, 0.1) is 17.3 Å². The predicted molar refractivity (Wildman–Crippen MR) is 52.1 cm³/mol. The highest BCUT2D eigenvalue weighted by Crippen LogP contribution is 2.46. The van der Waals surface area contributed by atoms with Crippen molar-refractivity contribution in [2.75, 3.05) is 13.1 Å². The van der Waals surface area contributed by atoms with Crippen molar-refractivity contribution < 1.29 is 0 Å². The van der Waals surface area contributed by atoms with Gasteiger partial charge in [0.25, 0.3) is 0 Å². The zero-order chi connectivity index (χ0) is 8.60. The van der Waals surface area contributed by atoms with Crippen molar-refractivity contribution in [1.29, 1.82) is 0 Å². The van der Waals surface area contributed by atoms with Crippen LogP contribution in [0.5, 0.6) is 0 Å². The molecule has 1 aliphatic heterocycles. The molecule has 0 radical (unpaired) electrons. The number of piperidine rings is 1. The summed E-state index contributed by atoms with van der Waals surface area (Å²) in [6.45, 7) is 7.46. The fourth-order valence-corrected chi connectivity index (χ4v) is 3.20. The molecule has 0 aromatic heterocycles. The van der Waals surface area contributed by atoms with Crippen LogP contribution in [0.4, 0.5) is 0 Å². The van der Waals surface area contributed by atoms with E-state index in [2.05, 4.69) is 19.2 Å². The Bertz CT molecular complexity index is 166. The van der Waals surface area contributed by atoms with E-state index in [1.165, 1.54) is 38.8 Å². The maximum absolute atomic E-state index is 3.52. The number of fused-ring (bicyclic) bond motifs is 1. The maximum atomic E-state index is 3.52. The summed E-state index contributed by atoms with van der Waals surface area (Å²) >= 11 is 0. The highest BCUT2D eigenvalue weighted by atomic mass is 14.9. The van der Waals surface area contributed by atoms with E-state index in [1.807, 2.05) is 0 Å². The monoisotopic (exact) mass is 167 g/mol. The normalized spacial score (nSPS) is 48.5. The van der Waals surface area contributed by atoms with Crippen molar-refractivity contribution in [3.8, 4) is 0 Å². The van der Waals surface area contributed by atoms with E-state index >= 15 is 0 Å². The number of hydrogen-bond donors (Lipinski definition) is 1. The zero-order valence-corrected chi connectivity index (χ0v) is 8.40. The van der Waals surface area contributed by atoms with E-state index < -0.39 is 0 Å². The number of hydrogen-bond acceptors (Lipinski definition) is 1. The van der Waals surface area contributed by atoms with Crippen molar-refractivity contribution in [2.45, 2.75) is 39.5 Å². The van der Waals surface area contributed by atoms with Gasteiger partial charge in [-0.3, -0.25) is 0 Å².